The fraction of sp³-hybridized carbons (Fsp3) is 0.156. The van der Waals surface area contributed by atoms with Crippen LogP contribution in [0.1, 0.15) is 23.8 Å². The lowest BCUT2D eigenvalue weighted by atomic mass is 9.91. The number of hydrogen-bond acceptors (Lipinski definition) is 4. The topological polar surface area (TPSA) is 96.1 Å². The summed E-state index contributed by atoms with van der Waals surface area (Å²) in [6, 6.07) is 30.0. The van der Waals surface area contributed by atoms with Gasteiger partial charge in [0.25, 0.3) is 0 Å². The van der Waals surface area contributed by atoms with E-state index in [2.05, 4.69) is 21.7 Å². The molecule has 6 aromatic rings. The van der Waals surface area contributed by atoms with Gasteiger partial charge in [0, 0.05) is 46.5 Å². The summed E-state index contributed by atoms with van der Waals surface area (Å²) in [6.07, 6.45) is 2.50. The number of benzene rings is 4. The highest BCUT2D eigenvalue weighted by Gasteiger charge is 2.34. The molecule has 0 aliphatic heterocycles. The van der Waals surface area contributed by atoms with Crippen molar-refractivity contribution < 1.29 is 9.21 Å². The summed E-state index contributed by atoms with van der Waals surface area (Å²) in [5, 5.41) is 10.9. The molecule has 0 saturated carbocycles. The Labute approximate surface area is 220 Å². The van der Waals surface area contributed by atoms with Crippen molar-refractivity contribution in [3.8, 4) is 0 Å². The molecule has 0 aliphatic rings. The second-order valence-corrected chi connectivity index (χ2v) is 10.0. The van der Waals surface area contributed by atoms with Gasteiger partial charge in [0.2, 0.25) is 5.91 Å². The maximum Gasteiger partial charge on any atom is 0.240 e. The van der Waals surface area contributed by atoms with Gasteiger partial charge in [-0.3, -0.25) is 10.1 Å². The molecule has 0 radical (unpaired) electrons. The quantitative estimate of drug-likeness (QED) is 0.190. The first-order chi connectivity index (χ1) is 18.5. The molecule has 190 valence electrons. The number of hydrogen-bond donors (Lipinski definition) is 4. The molecule has 1 atom stereocenters. The zero-order chi connectivity index (χ0) is 26.1. The average molecular weight is 503 g/mol. The van der Waals surface area contributed by atoms with Crippen LogP contribution in [0.3, 0.4) is 0 Å². The first kappa shape index (κ1) is 23.8. The minimum Gasteiger partial charge on any atom is -0.460 e. The second-order valence-electron chi connectivity index (χ2n) is 10.0. The molecule has 6 rings (SSSR count). The summed E-state index contributed by atoms with van der Waals surface area (Å²) in [5.41, 5.74) is 10.0. The summed E-state index contributed by atoms with van der Waals surface area (Å²) < 4.78 is 6.03. The van der Waals surface area contributed by atoms with E-state index in [1.54, 1.807) is 0 Å². The molecule has 0 bridgehead atoms. The molecule has 0 aliphatic carbocycles. The summed E-state index contributed by atoms with van der Waals surface area (Å²) in [4.78, 5) is 17.2. The van der Waals surface area contributed by atoms with Gasteiger partial charge in [0.1, 0.15) is 11.3 Å². The molecule has 0 spiro atoms. The largest absolute Gasteiger partial charge is 0.460 e. The Bertz CT molecular complexity index is 1730. The number of carbonyl (C=O) groups excluding carboxylic acids is 1. The third-order valence-electron chi connectivity index (χ3n) is 7.34. The summed E-state index contributed by atoms with van der Waals surface area (Å²) in [5.74, 6) is 0.702. The third-order valence-corrected chi connectivity index (χ3v) is 7.34. The zero-order valence-corrected chi connectivity index (χ0v) is 21.3. The van der Waals surface area contributed by atoms with E-state index in [4.69, 9.17) is 10.2 Å². The van der Waals surface area contributed by atoms with E-state index in [1.807, 2.05) is 98.0 Å². The highest BCUT2D eigenvalue weighted by molar-refractivity contribution is 5.95. The molecule has 6 nitrogen and oxygen atoms in total. The molecule has 1 unspecified atom stereocenters. The molecule has 0 fully saturated rings. The molecular weight excluding hydrogens is 472 g/mol. The Morgan fingerprint density at radius 2 is 1.61 bits per heavy atom. The van der Waals surface area contributed by atoms with Crippen molar-refractivity contribution in [1.29, 1.82) is 0 Å². The normalized spacial score (nSPS) is 13.2. The molecule has 2 aromatic heterocycles. The van der Waals surface area contributed by atoms with Crippen LogP contribution < -0.4 is 16.4 Å². The van der Waals surface area contributed by atoms with E-state index < -0.39 is 5.54 Å². The van der Waals surface area contributed by atoms with E-state index in [-0.39, 0.29) is 5.91 Å². The monoisotopic (exact) mass is 502 g/mol. The number of aromatic amines is 1. The Kier molecular flexibility index (Phi) is 6.10. The number of nitrogens with one attached hydrogen (secondary N) is 3. The van der Waals surface area contributed by atoms with Crippen LogP contribution in [0.25, 0.3) is 32.6 Å². The molecule has 38 heavy (non-hydrogen) atoms. The summed E-state index contributed by atoms with van der Waals surface area (Å²) in [7, 11) is 0. The Morgan fingerprint density at radius 3 is 2.45 bits per heavy atom. The number of carbonyl (C=O) groups is 1. The smallest absolute Gasteiger partial charge is 0.240 e. The van der Waals surface area contributed by atoms with Gasteiger partial charge in [-0.1, -0.05) is 66.7 Å². The number of H-pyrrole nitrogens is 1. The SMILES string of the molecule is CC(Cc1c[nH]c2ccccc12)(NCc1cc2ccccc2o1)C(=O)NCc1ccc(N)c2ccccc12. The van der Waals surface area contributed by atoms with Crippen LogP contribution in [-0.4, -0.2) is 16.4 Å². The minimum atomic E-state index is -0.895. The Balaban J connectivity index is 1.27. The number of nitrogens with two attached hydrogens (primary N) is 1. The van der Waals surface area contributed by atoms with Crippen LogP contribution in [0, 0.1) is 0 Å². The number of fused-ring (bicyclic) bond motifs is 3. The molecule has 4 aromatic carbocycles. The zero-order valence-electron chi connectivity index (χ0n) is 21.3. The van der Waals surface area contributed by atoms with Crippen LogP contribution in [0.15, 0.2) is 102 Å². The fourth-order valence-corrected chi connectivity index (χ4v) is 5.20. The van der Waals surface area contributed by atoms with E-state index in [0.29, 0.717) is 19.5 Å². The van der Waals surface area contributed by atoms with Crippen LogP contribution in [0.4, 0.5) is 5.69 Å². The van der Waals surface area contributed by atoms with Gasteiger partial charge in [-0.25, -0.2) is 0 Å². The standard InChI is InChI=1S/C32H30N4O2/c1-32(17-23-19-34-29-12-6-5-10-26(23)29,36-20-24-16-21-8-2-7-13-30(21)38-24)31(37)35-18-22-14-15-28(33)27-11-4-3-9-25(22)27/h2-16,19,34,36H,17-18,20,33H2,1H3,(H,35,37). The summed E-state index contributed by atoms with van der Waals surface area (Å²) in [6.45, 7) is 2.77. The van der Waals surface area contributed by atoms with Gasteiger partial charge in [-0.05, 0) is 47.7 Å². The van der Waals surface area contributed by atoms with Gasteiger partial charge in [0.05, 0.1) is 12.1 Å². The van der Waals surface area contributed by atoms with Gasteiger partial charge in [-0.2, -0.15) is 0 Å². The molecular formula is C32H30N4O2. The predicted molar refractivity (Wildman–Crippen MR) is 154 cm³/mol. The van der Waals surface area contributed by atoms with Crippen LogP contribution >= 0.6 is 0 Å². The van der Waals surface area contributed by atoms with Gasteiger partial charge < -0.3 is 20.5 Å². The highest BCUT2D eigenvalue weighted by Crippen LogP contribution is 2.26. The first-order valence-corrected chi connectivity index (χ1v) is 12.8. The minimum absolute atomic E-state index is 0.0835. The number of aromatic nitrogens is 1. The van der Waals surface area contributed by atoms with Crippen molar-refractivity contribution in [3.63, 3.8) is 0 Å². The average Bonchev–Trinajstić information content (AvgIpc) is 3.55. The maximum absolute atomic E-state index is 13.9. The molecule has 0 saturated heterocycles. The lowest BCUT2D eigenvalue weighted by Gasteiger charge is -2.29. The lowest BCUT2D eigenvalue weighted by Crippen LogP contribution is -2.55. The third kappa shape index (κ3) is 4.51. The van der Waals surface area contributed by atoms with Crippen LogP contribution in [0.2, 0.25) is 0 Å². The van der Waals surface area contributed by atoms with Crippen LogP contribution in [-0.2, 0) is 24.3 Å². The highest BCUT2D eigenvalue weighted by atomic mass is 16.3. The lowest BCUT2D eigenvalue weighted by molar-refractivity contribution is -0.127. The van der Waals surface area contributed by atoms with Gasteiger partial charge in [0.15, 0.2) is 0 Å². The van der Waals surface area contributed by atoms with Crippen molar-refractivity contribution >= 4 is 44.2 Å². The first-order valence-electron chi connectivity index (χ1n) is 12.8. The number of para-hydroxylation sites is 2. The summed E-state index contributed by atoms with van der Waals surface area (Å²) >= 11 is 0. The maximum atomic E-state index is 13.9. The van der Waals surface area contributed by atoms with Crippen molar-refractivity contribution in [2.75, 3.05) is 5.73 Å². The van der Waals surface area contributed by atoms with Gasteiger partial charge in [-0.15, -0.1) is 0 Å². The van der Waals surface area contributed by atoms with E-state index in [9.17, 15) is 4.79 Å². The van der Waals surface area contributed by atoms with Crippen molar-refractivity contribution in [3.05, 3.63) is 114 Å². The fourth-order valence-electron chi connectivity index (χ4n) is 5.20. The van der Waals surface area contributed by atoms with Crippen molar-refractivity contribution in [2.24, 2.45) is 0 Å². The molecule has 2 heterocycles. The van der Waals surface area contributed by atoms with E-state index in [1.165, 1.54) is 0 Å². The molecule has 1 amide bonds. The predicted octanol–water partition coefficient (Wildman–Crippen LogP) is 6.06. The van der Waals surface area contributed by atoms with Crippen molar-refractivity contribution in [1.82, 2.24) is 15.6 Å². The Hall–Kier alpha value is -4.55. The number of rotatable bonds is 8. The molecule has 5 N–H and O–H groups in total. The Morgan fingerprint density at radius 1 is 0.868 bits per heavy atom. The number of amides is 1. The van der Waals surface area contributed by atoms with E-state index in [0.717, 1.165) is 55.2 Å². The van der Waals surface area contributed by atoms with Crippen LogP contribution in [0.5, 0.6) is 0 Å². The second kappa shape index (κ2) is 9.72. The van der Waals surface area contributed by atoms with Gasteiger partial charge >= 0.3 is 0 Å². The molecule has 6 heteroatoms. The van der Waals surface area contributed by atoms with E-state index >= 15 is 0 Å². The number of furan rings is 1. The number of anilines is 1. The van der Waals surface area contributed by atoms with Crippen molar-refractivity contribution in [2.45, 2.75) is 32.0 Å². The number of nitrogen functional groups attached to an aromatic ring is 1.